The second-order valence-electron chi connectivity index (χ2n) is 7.11. The molecule has 1 fully saturated rings. The van der Waals surface area contributed by atoms with Crippen molar-refractivity contribution in [2.24, 2.45) is 0 Å². The normalized spacial score (nSPS) is 19.5. The van der Waals surface area contributed by atoms with Gasteiger partial charge in [0.05, 0.1) is 0 Å². The maximum atomic E-state index is 12.0. The second kappa shape index (κ2) is 6.48. The maximum Gasteiger partial charge on any atom is 0.336 e. The highest BCUT2D eigenvalue weighted by molar-refractivity contribution is 5.82. The predicted octanol–water partition coefficient (Wildman–Crippen LogP) is 4.05. The van der Waals surface area contributed by atoms with Crippen molar-refractivity contribution in [3.8, 4) is 0 Å². The van der Waals surface area contributed by atoms with Crippen LogP contribution in [0.4, 0.5) is 0 Å². The zero-order valence-electron chi connectivity index (χ0n) is 13.8. The minimum absolute atomic E-state index is 0.211. The van der Waals surface area contributed by atoms with Gasteiger partial charge in [-0.15, -0.1) is 0 Å². The largest absolute Gasteiger partial charge is 0.423 e. The summed E-state index contributed by atoms with van der Waals surface area (Å²) >= 11 is 0. The fourth-order valence-corrected chi connectivity index (χ4v) is 4.14. The first kappa shape index (κ1) is 14.9. The van der Waals surface area contributed by atoms with E-state index in [-0.39, 0.29) is 5.63 Å². The molecule has 0 unspecified atom stereocenters. The Hall–Kier alpha value is -1.61. The van der Waals surface area contributed by atoms with Crippen LogP contribution in [-0.4, -0.2) is 18.0 Å². The Bertz CT molecular complexity index is 754. The lowest BCUT2D eigenvalue weighted by molar-refractivity contribution is 0.240. The molecule has 0 spiro atoms. The van der Waals surface area contributed by atoms with Crippen LogP contribution in [-0.2, 0) is 19.4 Å². The Balaban J connectivity index is 1.69. The number of rotatable bonds is 2. The Kier molecular flexibility index (Phi) is 4.21. The smallest absolute Gasteiger partial charge is 0.336 e. The van der Waals surface area contributed by atoms with Gasteiger partial charge in [0.2, 0.25) is 0 Å². The van der Waals surface area contributed by atoms with Crippen molar-refractivity contribution in [3.05, 3.63) is 45.3 Å². The zero-order valence-corrected chi connectivity index (χ0v) is 13.8. The van der Waals surface area contributed by atoms with Crippen LogP contribution in [0.1, 0.15) is 55.2 Å². The molecule has 1 aliphatic carbocycles. The van der Waals surface area contributed by atoms with Gasteiger partial charge in [0, 0.05) is 18.0 Å². The molecule has 1 aromatic carbocycles. The molecule has 3 heteroatoms. The molecule has 23 heavy (non-hydrogen) atoms. The highest BCUT2D eigenvalue weighted by Crippen LogP contribution is 2.29. The summed E-state index contributed by atoms with van der Waals surface area (Å²) in [5.41, 5.74) is 4.52. The Morgan fingerprint density at radius 2 is 1.57 bits per heavy atom. The topological polar surface area (TPSA) is 33.5 Å². The highest BCUT2D eigenvalue weighted by Gasteiger charge is 2.17. The first-order chi connectivity index (χ1) is 11.3. The molecule has 0 saturated carbocycles. The Morgan fingerprint density at radius 3 is 2.35 bits per heavy atom. The van der Waals surface area contributed by atoms with Crippen LogP contribution < -0.4 is 5.63 Å². The summed E-state index contributed by atoms with van der Waals surface area (Å²) in [6.07, 6.45) is 10.1. The number of nitrogens with zero attached hydrogens (tertiary/aromatic N) is 1. The SMILES string of the molecule is O=c1cc(CN2CCCCCCC2)c2cc3c(cc2o1)CCC3. The molecular weight excluding hydrogens is 286 g/mol. The van der Waals surface area contributed by atoms with Crippen molar-refractivity contribution < 1.29 is 4.42 Å². The first-order valence-corrected chi connectivity index (χ1v) is 9.10. The molecule has 0 N–H and O–H groups in total. The lowest BCUT2D eigenvalue weighted by atomic mass is 10.0. The molecule has 2 aromatic rings. The van der Waals surface area contributed by atoms with E-state index in [1.165, 1.54) is 49.7 Å². The molecular formula is C20H25NO2. The van der Waals surface area contributed by atoms with E-state index in [9.17, 15) is 4.79 Å². The average Bonchev–Trinajstić information content (AvgIpc) is 2.95. The van der Waals surface area contributed by atoms with Crippen LogP contribution in [0, 0.1) is 0 Å². The van der Waals surface area contributed by atoms with Crippen molar-refractivity contribution >= 4 is 11.0 Å². The lowest BCUT2D eigenvalue weighted by Gasteiger charge is -2.25. The first-order valence-electron chi connectivity index (χ1n) is 9.10. The van der Waals surface area contributed by atoms with Gasteiger partial charge in [-0.1, -0.05) is 19.3 Å². The van der Waals surface area contributed by atoms with E-state index in [1.807, 2.05) is 0 Å². The zero-order chi connectivity index (χ0) is 15.6. The number of likely N-dealkylation sites (tertiary alicyclic amines) is 1. The van der Waals surface area contributed by atoms with Gasteiger partial charge in [-0.05, 0) is 74.0 Å². The molecule has 122 valence electrons. The number of aryl methyl sites for hydroxylation is 2. The molecule has 0 amide bonds. The quantitative estimate of drug-likeness (QED) is 0.785. The minimum atomic E-state index is -0.211. The third kappa shape index (κ3) is 3.20. The number of hydrogen-bond acceptors (Lipinski definition) is 3. The molecule has 0 atom stereocenters. The van der Waals surface area contributed by atoms with Crippen molar-refractivity contribution in [2.75, 3.05) is 13.1 Å². The summed E-state index contributed by atoms with van der Waals surface area (Å²) in [7, 11) is 0. The summed E-state index contributed by atoms with van der Waals surface area (Å²) in [6.45, 7) is 3.17. The van der Waals surface area contributed by atoms with Crippen LogP contribution in [0.5, 0.6) is 0 Å². The average molecular weight is 311 g/mol. The van der Waals surface area contributed by atoms with Crippen LogP contribution >= 0.6 is 0 Å². The molecule has 4 rings (SSSR count). The van der Waals surface area contributed by atoms with Crippen molar-refractivity contribution in [2.45, 2.75) is 57.9 Å². The monoisotopic (exact) mass is 311 g/mol. The van der Waals surface area contributed by atoms with Crippen molar-refractivity contribution in [1.82, 2.24) is 4.90 Å². The van der Waals surface area contributed by atoms with E-state index in [0.717, 1.165) is 49.0 Å². The lowest BCUT2D eigenvalue weighted by Crippen LogP contribution is -2.27. The van der Waals surface area contributed by atoms with E-state index >= 15 is 0 Å². The summed E-state index contributed by atoms with van der Waals surface area (Å²) in [6, 6.07) is 6.10. The summed E-state index contributed by atoms with van der Waals surface area (Å²) in [5.74, 6) is 0. The molecule has 3 nitrogen and oxygen atoms in total. The van der Waals surface area contributed by atoms with Crippen molar-refractivity contribution in [3.63, 3.8) is 0 Å². The molecule has 1 saturated heterocycles. The summed E-state index contributed by atoms with van der Waals surface area (Å²) in [4.78, 5) is 14.5. The third-order valence-electron chi connectivity index (χ3n) is 5.39. The van der Waals surface area contributed by atoms with Gasteiger partial charge in [0.15, 0.2) is 0 Å². The van der Waals surface area contributed by atoms with Gasteiger partial charge in [0.25, 0.3) is 0 Å². The van der Waals surface area contributed by atoms with Crippen LogP contribution in [0.25, 0.3) is 11.0 Å². The molecule has 1 aliphatic heterocycles. The Labute approximate surface area is 137 Å². The van der Waals surface area contributed by atoms with Gasteiger partial charge in [-0.3, -0.25) is 4.90 Å². The fourth-order valence-electron chi connectivity index (χ4n) is 4.14. The van der Waals surface area contributed by atoms with E-state index in [0.29, 0.717) is 0 Å². The van der Waals surface area contributed by atoms with E-state index in [1.54, 1.807) is 6.07 Å². The second-order valence-corrected chi connectivity index (χ2v) is 7.11. The van der Waals surface area contributed by atoms with Crippen LogP contribution in [0.15, 0.2) is 27.4 Å². The predicted molar refractivity (Wildman–Crippen MR) is 92.9 cm³/mol. The van der Waals surface area contributed by atoms with E-state index < -0.39 is 0 Å². The molecule has 0 radical (unpaired) electrons. The number of fused-ring (bicyclic) bond motifs is 2. The van der Waals surface area contributed by atoms with E-state index in [4.69, 9.17) is 4.42 Å². The molecule has 2 heterocycles. The number of benzene rings is 1. The van der Waals surface area contributed by atoms with Gasteiger partial charge in [0.1, 0.15) is 5.58 Å². The molecule has 2 aliphatic rings. The van der Waals surface area contributed by atoms with Gasteiger partial charge in [-0.2, -0.15) is 0 Å². The van der Waals surface area contributed by atoms with E-state index in [2.05, 4.69) is 17.0 Å². The van der Waals surface area contributed by atoms with Crippen molar-refractivity contribution in [1.29, 1.82) is 0 Å². The third-order valence-corrected chi connectivity index (χ3v) is 5.39. The highest BCUT2D eigenvalue weighted by atomic mass is 16.4. The standard InChI is InChI=1S/C20H25NO2/c22-20-13-17(14-21-9-4-2-1-3-5-10-21)18-11-15-7-6-8-16(15)12-19(18)23-20/h11-13H,1-10,14H2. The molecule has 1 aromatic heterocycles. The maximum absolute atomic E-state index is 12.0. The van der Waals surface area contributed by atoms with Gasteiger partial charge < -0.3 is 4.42 Å². The minimum Gasteiger partial charge on any atom is -0.423 e. The summed E-state index contributed by atoms with van der Waals surface area (Å²) in [5, 5.41) is 1.15. The fraction of sp³-hybridized carbons (Fsp3) is 0.550. The molecule has 0 bridgehead atoms. The van der Waals surface area contributed by atoms with Crippen LogP contribution in [0.2, 0.25) is 0 Å². The summed E-state index contributed by atoms with van der Waals surface area (Å²) < 4.78 is 5.49. The van der Waals surface area contributed by atoms with Gasteiger partial charge in [-0.25, -0.2) is 4.79 Å². The van der Waals surface area contributed by atoms with Crippen LogP contribution in [0.3, 0.4) is 0 Å². The Morgan fingerprint density at radius 1 is 0.870 bits per heavy atom. The number of hydrogen-bond donors (Lipinski definition) is 0. The van der Waals surface area contributed by atoms with Gasteiger partial charge >= 0.3 is 5.63 Å².